The minimum atomic E-state index is 0.283. The van der Waals surface area contributed by atoms with Gasteiger partial charge in [0.15, 0.2) is 0 Å². The summed E-state index contributed by atoms with van der Waals surface area (Å²) in [5.41, 5.74) is 11.3. The van der Waals surface area contributed by atoms with Gasteiger partial charge < -0.3 is 11.5 Å². The Labute approximate surface area is 76.9 Å². The number of nitrogens with zero attached hydrogens (tertiary/aromatic N) is 1. The quantitative estimate of drug-likeness (QED) is 0.554. The molecule has 0 fully saturated rings. The number of nitrogen functional groups attached to an aromatic ring is 2. The topological polar surface area (TPSA) is 64.9 Å². The highest BCUT2D eigenvalue weighted by atomic mass is 127. The molecule has 1 heterocycles. The number of nitrogens with two attached hydrogens (primary N) is 2. The van der Waals surface area contributed by atoms with E-state index in [9.17, 15) is 0 Å². The molecular formula is C5H5ClIN3. The highest BCUT2D eigenvalue weighted by Gasteiger charge is 2.01. The van der Waals surface area contributed by atoms with E-state index in [2.05, 4.69) is 4.98 Å². The summed E-state index contributed by atoms with van der Waals surface area (Å²) in [7, 11) is 0. The second kappa shape index (κ2) is 2.79. The first-order valence-corrected chi connectivity index (χ1v) is 3.94. The van der Waals surface area contributed by atoms with Crippen LogP contribution in [-0.4, -0.2) is 4.98 Å². The number of halogens is 2. The van der Waals surface area contributed by atoms with Crippen molar-refractivity contribution >= 4 is 45.7 Å². The third-order valence-electron chi connectivity index (χ3n) is 0.994. The highest BCUT2D eigenvalue weighted by molar-refractivity contribution is 14.1. The van der Waals surface area contributed by atoms with E-state index >= 15 is 0 Å². The molecule has 0 bridgehead atoms. The van der Waals surface area contributed by atoms with Crippen molar-refractivity contribution in [1.82, 2.24) is 4.98 Å². The minimum absolute atomic E-state index is 0.283. The van der Waals surface area contributed by atoms with Crippen LogP contribution >= 0.6 is 34.2 Å². The molecule has 0 unspecified atom stereocenters. The number of anilines is 2. The lowest BCUT2D eigenvalue weighted by Crippen LogP contribution is -1.98. The van der Waals surface area contributed by atoms with Gasteiger partial charge in [-0.05, 0) is 28.7 Å². The Kier molecular flexibility index (Phi) is 2.20. The van der Waals surface area contributed by atoms with Crippen LogP contribution in [0.15, 0.2) is 6.07 Å². The lowest BCUT2D eigenvalue weighted by atomic mass is 10.4. The maximum absolute atomic E-state index is 5.63. The number of hydrogen-bond acceptors (Lipinski definition) is 3. The maximum Gasteiger partial charge on any atom is 0.148 e. The van der Waals surface area contributed by atoms with Crippen LogP contribution in [0, 0.1) is 3.57 Å². The van der Waals surface area contributed by atoms with Crippen LogP contribution in [0.2, 0.25) is 5.15 Å². The van der Waals surface area contributed by atoms with Crippen LogP contribution in [0.25, 0.3) is 0 Å². The molecule has 1 aromatic heterocycles. The van der Waals surface area contributed by atoms with Gasteiger partial charge in [0.25, 0.3) is 0 Å². The van der Waals surface area contributed by atoms with Gasteiger partial charge in [0.2, 0.25) is 0 Å². The molecule has 4 N–H and O–H groups in total. The van der Waals surface area contributed by atoms with E-state index in [4.69, 9.17) is 23.1 Å². The number of aromatic nitrogens is 1. The Morgan fingerprint density at radius 2 is 2.10 bits per heavy atom. The summed E-state index contributed by atoms with van der Waals surface area (Å²) < 4.78 is 0.811. The van der Waals surface area contributed by atoms with Gasteiger partial charge in [-0.1, -0.05) is 11.6 Å². The van der Waals surface area contributed by atoms with Crippen molar-refractivity contribution in [3.63, 3.8) is 0 Å². The highest BCUT2D eigenvalue weighted by Crippen LogP contribution is 2.21. The molecule has 0 saturated carbocycles. The minimum Gasteiger partial charge on any atom is -0.396 e. The Morgan fingerprint density at radius 3 is 2.60 bits per heavy atom. The molecule has 54 valence electrons. The summed E-state index contributed by atoms with van der Waals surface area (Å²) >= 11 is 7.67. The third kappa shape index (κ3) is 1.43. The summed E-state index contributed by atoms with van der Waals surface area (Å²) in [5.74, 6) is 0.283. The molecule has 0 aliphatic heterocycles. The van der Waals surface area contributed by atoms with Gasteiger partial charge in [0.05, 0.1) is 9.26 Å². The standard InChI is InChI=1S/C5H5ClIN3/c6-4-2(7)1-3(8)5(9)10-4/h1H,8H2,(H2,9,10). The Morgan fingerprint density at radius 1 is 1.50 bits per heavy atom. The monoisotopic (exact) mass is 269 g/mol. The van der Waals surface area contributed by atoms with E-state index in [1.54, 1.807) is 6.07 Å². The van der Waals surface area contributed by atoms with Crippen LogP contribution in [0.5, 0.6) is 0 Å². The van der Waals surface area contributed by atoms with Gasteiger partial charge in [-0.25, -0.2) is 4.98 Å². The van der Waals surface area contributed by atoms with Crippen molar-refractivity contribution in [3.05, 3.63) is 14.8 Å². The zero-order chi connectivity index (χ0) is 7.72. The maximum atomic E-state index is 5.63. The molecule has 0 aliphatic rings. The van der Waals surface area contributed by atoms with Crippen molar-refractivity contribution in [1.29, 1.82) is 0 Å². The fraction of sp³-hybridized carbons (Fsp3) is 0. The molecule has 3 nitrogen and oxygen atoms in total. The predicted molar refractivity (Wildman–Crippen MR) is 50.8 cm³/mol. The van der Waals surface area contributed by atoms with Crippen molar-refractivity contribution in [2.75, 3.05) is 11.5 Å². The van der Waals surface area contributed by atoms with Gasteiger partial charge in [0.1, 0.15) is 11.0 Å². The molecule has 1 rings (SSSR count). The van der Waals surface area contributed by atoms with Crippen LogP contribution in [0.3, 0.4) is 0 Å². The normalized spacial score (nSPS) is 9.80. The molecule has 5 heteroatoms. The first kappa shape index (κ1) is 7.87. The van der Waals surface area contributed by atoms with E-state index in [-0.39, 0.29) is 5.82 Å². The van der Waals surface area contributed by atoms with Gasteiger partial charge in [-0.2, -0.15) is 0 Å². The van der Waals surface area contributed by atoms with Crippen LogP contribution < -0.4 is 11.5 Å². The van der Waals surface area contributed by atoms with E-state index in [1.807, 2.05) is 22.6 Å². The van der Waals surface area contributed by atoms with E-state index in [0.29, 0.717) is 10.8 Å². The van der Waals surface area contributed by atoms with E-state index in [0.717, 1.165) is 3.57 Å². The molecule has 0 spiro atoms. The number of rotatable bonds is 0. The van der Waals surface area contributed by atoms with Crippen molar-refractivity contribution in [2.45, 2.75) is 0 Å². The summed E-state index contributed by atoms with van der Waals surface area (Å²) in [6.07, 6.45) is 0. The largest absolute Gasteiger partial charge is 0.396 e. The summed E-state index contributed by atoms with van der Waals surface area (Å²) in [6.45, 7) is 0. The lowest BCUT2D eigenvalue weighted by Gasteiger charge is -1.99. The van der Waals surface area contributed by atoms with E-state index in [1.165, 1.54) is 0 Å². The van der Waals surface area contributed by atoms with E-state index < -0.39 is 0 Å². The van der Waals surface area contributed by atoms with Gasteiger partial charge in [0, 0.05) is 0 Å². The SMILES string of the molecule is Nc1cc(I)c(Cl)nc1N. The van der Waals surface area contributed by atoms with Crippen LogP contribution in [0.4, 0.5) is 11.5 Å². The summed E-state index contributed by atoms with van der Waals surface area (Å²) in [6, 6.07) is 1.69. The molecule has 0 aromatic carbocycles. The Bertz CT molecular complexity index is 213. The van der Waals surface area contributed by atoms with Crippen molar-refractivity contribution in [2.24, 2.45) is 0 Å². The van der Waals surface area contributed by atoms with Crippen LogP contribution in [0.1, 0.15) is 0 Å². The van der Waals surface area contributed by atoms with Gasteiger partial charge in [-0.15, -0.1) is 0 Å². The lowest BCUT2D eigenvalue weighted by molar-refractivity contribution is 1.32. The second-order valence-corrected chi connectivity index (χ2v) is 3.26. The smallest absolute Gasteiger partial charge is 0.148 e. The van der Waals surface area contributed by atoms with Crippen molar-refractivity contribution < 1.29 is 0 Å². The fourth-order valence-electron chi connectivity index (χ4n) is 0.494. The third-order valence-corrected chi connectivity index (χ3v) is 2.42. The zero-order valence-electron chi connectivity index (χ0n) is 4.94. The molecule has 1 aromatic rings. The first-order valence-electron chi connectivity index (χ1n) is 2.48. The van der Waals surface area contributed by atoms with Gasteiger partial charge >= 0.3 is 0 Å². The molecule has 0 atom stereocenters. The second-order valence-electron chi connectivity index (χ2n) is 1.74. The molecule has 0 saturated heterocycles. The Balaban J connectivity index is 3.28. The number of pyridine rings is 1. The molecule has 0 aliphatic carbocycles. The molecule has 0 amide bonds. The van der Waals surface area contributed by atoms with Crippen LogP contribution in [-0.2, 0) is 0 Å². The summed E-state index contributed by atoms with van der Waals surface area (Å²) in [4.78, 5) is 3.78. The first-order chi connectivity index (χ1) is 4.61. The fourth-order valence-corrected chi connectivity index (χ4v) is 1.10. The predicted octanol–water partition coefficient (Wildman–Crippen LogP) is 1.50. The summed E-state index contributed by atoms with van der Waals surface area (Å²) in [5, 5.41) is 0.396. The average molecular weight is 269 g/mol. The molecule has 0 radical (unpaired) electrons. The molecular weight excluding hydrogens is 264 g/mol. The van der Waals surface area contributed by atoms with Crippen molar-refractivity contribution in [3.8, 4) is 0 Å². The number of hydrogen-bond donors (Lipinski definition) is 2. The van der Waals surface area contributed by atoms with Gasteiger partial charge in [-0.3, -0.25) is 0 Å². The Hall–Kier alpha value is -0.230. The molecule has 10 heavy (non-hydrogen) atoms. The average Bonchev–Trinajstić information content (AvgIpc) is 1.84. The zero-order valence-corrected chi connectivity index (χ0v) is 7.85.